The number of Topliss-reactive ketones (excluding diaryl/α,β-unsaturated/α-hetero) is 1. The van der Waals surface area contributed by atoms with Gasteiger partial charge in [-0.1, -0.05) is 41.4 Å². The van der Waals surface area contributed by atoms with Crippen molar-refractivity contribution in [1.82, 2.24) is 14.5 Å². The number of aliphatic hydroxyl groups is 1. The van der Waals surface area contributed by atoms with Gasteiger partial charge in [0, 0.05) is 36.1 Å². The van der Waals surface area contributed by atoms with Crippen LogP contribution in [0.15, 0.2) is 72.8 Å². The number of aliphatic hydroxyl groups excluding tert-OH is 1. The highest BCUT2D eigenvalue weighted by molar-refractivity contribution is 6.46. The highest BCUT2D eigenvalue weighted by atomic mass is 35.5. The molecule has 31 heavy (non-hydrogen) atoms. The van der Waals surface area contributed by atoms with Crippen LogP contribution >= 0.6 is 11.6 Å². The molecule has 2 aromatic carbocycles. The van der Waals surface area contributed by atoms with Crippen molar-refractivity contribution in [2.75, 3.05) is 6.54 Å². The number of amides is 1. The van der Waals surface area contributed by atoms with Gasteiger partial charge < -0.3 is 14.6 Å². The maximum absolute atomic E-state index is 13.0. The zero-order valence-electron chi connectivity index (χ0n) is 17.0. The first-order valence-electron chi connectivity index (χ1n) is 10.0. The Morgan fingerprint density at radius 3 is 2.42 bits per heavy atom. The van der Waals surface area contributed by atoms with Crippen LogP contribution in [0.3, 0.4) is 0 Å². The van der Waals surface area contributed by atoms with Crippen LogP contribution in [0.25, 0.3) is 5.76 Å². The van der Waals surface area contributed by atoms with Gasteiger partial charge in [-0.2, -0.15) is 0 Å². The summed E-state index contributed by atoms with van der Waals surface area (Å²) in [7, 11) is 0. The Morgan fingerprint density at radius 1 is 1.06 bits per heavy atom. The third kappa shape index (κ3) is 4.25. The summed E-state index contributed by atoms with van der Waals surface area (Å²) in [5, 5.41) is 11.5. The van der Waals surface area contributed by atoms with E-state index in [1.807, 2.05) is 42.0 Å². The normalized spacial score (nSPS) is 18.0. The molecule has 2 heterocycles. The SMILES string of the molecule is Cc1ccc([C@@H]2/C(=C(\O)c3ccc(Cl)cc3)C(=O)C(=O)N2CCCn2ccnc2)cc1. The van der Waals surface area contributed by atoms with E-state index in [2.05, 4.69) is 4.98 Å². The highest BCUT2D eigenvalue weighted by Gasteiger charge is 2.45. The summed E-state index contributed by atoms with van der Waals surface area (Å²) in [4.78, 5) is 31.5. The Hall–Kier alpha value is -3.38. The van der Waals surface area contributed by atoms with Gasteiger partial charge in [-0.15, -0.1) is 0 Å². The molecule has 0 saturated carbocycles. The number of aryl methyl sites for hydroxylation is 2. The van der Waals surface area contributed by atoms with E-state index in [9.17, 15) is 14.7 Å². The third-order valence-corrected chi connectivity index (χ3v) is 5.68. The molecule has 0 bridgehead atoms. The predicted molar refractivity (Wildman–Crippen MR) is 118 cm³/mol. The van der Waals surface area contributed by atoms with E-state index in [1.165, 1.54) is 0 Å². The highest BCUT2D eigenvalue weighted by Crippen LogP contribution is 2.39. The Balaban J connectivity index is 1.72. The van der Waals surface area contributed by atoms with E-state index in [0.29, 0.717) is 30.1 Å². The fourth-order valence-electron chi connectivity index (χ4n) is 3.81. The second kappa shape index (κ2) is 8.78. The van der Waals surface area contributed by atoms with Crippen molar-refractivity contribution >= 4 is 29.1 Å². The fraction of sp³-hybridized carbons (Fsp3) is 0.208. The van der Waals surface area contributed by atoms with Gasteiger partial charge in [-0.3, -0.25) is 9.59 Å². The van der Waals surface area contributed by atoms with Crippen molar-refractivity contribution in [1.29, 1.82) is 0 Å². The lowest BCUT2D eigenvalue weighted by Crippen LogP contribution is -2.31. The van der Waals surface area contributed by atoms with Gasteiger partial charge in [0.25, 0.3) is 11.7 Å². The smallest absolute Gasteiger partial charge is 0.295 e. The van der Waals surface area contributed by atoms with Crippen molar-refractivity contribution in [3.05, 3.63) is 94.5 Å². The van der Waals surface area contributed by atoms with Crippen LogP contribution in [0.1, 0.15) is 29.2 Å². The summed E-state index contributed by atoms with van der Waals surface area (Å²) in [5.74, 6) is -1.48. The van der Waals surface area contributed by atoms with Gasteiger partial charge in [0.05, 0.1) is 17.9 Å². The number of benzene rings is 2. The summed E-state index contributed by atoms with van der Waals surface area (Å²) in [6, 6.07) is 13.5. The maximum atomic E-state index is 13.0. The molecule has 7 heteroatoms. The minimum absolute atomic E-state index is 0.0961. The van der Waals surface area contributed by atoms with Gasteiger partial charge in [-0.25, -0.2) is 4.98 Å². The van der Waals surface area contributed by atoms with Crippen LogP contribution in [0.4, 0.5) is 0 Å². The van der Waals surface area contributed by atoms with E-state index in [4.69, 9.17) is 11.6 Å². The number of halogens is 1. The molecule has 1 fully saturated rings. The molecule has 1 aliphatic heterocycles. The number of imidazole rings is 1. The van der Waals surface area contributed by atoms with Gasteiger partial charge in [0.1, 0.15) is 5.76 Å². The van der Waals surface area contributed by atoms with E-state index in [0.717, 1.165) is 11.1 Å². The number of carbonyl (C=O) groups is 2. The molecule has 6 nitrogen and oxygen atoms in total. The Bertz CT molecular complexity index is 1120. The standard InChI is InChI=1S/C24H22ClN3O3/c1-16-3-5-17(6-4-16)21-20(22(29)18-7-9-19(25)10-8-18)23(30)24(31)28(21)13-2-12-27-14-11-26-15-27/h3-11,14-15,21,29H,2,12-13H2,1H3/b22-20+/t21-/m1/s1. The zero-order valence-corrected chi connectivity index (χ0v) is 17.8. The molecule has 0 aliphatic carbocycles. The minimum atomic E-state index is -0.680. The van der Waals surface area contributed by atoms with Gasteiger partial charge >= 0.3 is 0 Å². The average molecular weight is 436 g/mol. The maximum Gasteiger partial charge on any atom is 0.295 e. The minimum Gasteiger partial charge on any atom is -0.507 e. The molecular formula is C24H22ClN3O3. The lowest BCUT2D eigenvalue weighted by molar-refractivity contribution is -0.139. The van der Waals surface area contributed by atoms with Crippen molar-refractivity contribution in [3.8, 4) is 0 Å². The number of hydrogen-bond acceptors (Lipinski definition) is 4. The summed E-state index contributed by atoms with van der Waals surface area (Å²) in [5.41, 5.74) is 2.39. The summed E-state index contributed by atoms with van der Waals surface area (Å²) in [6.07, 6.45) is 5.91. The monoisotopic (exact) mass is 435 g/mol. The number of hydrogen-bond donors (Lipinski definition) is 1. The van der Waals surface area contributed by atoms with E-state index < -0.39 is 17.7 Å². The number of ketones is 1. The topological polar surface area (TPSA) is 75.4 Å². The van der Waals surface area contributed by atoms with Crippen LogP contribution in [0, 0.1) is 6.92 Å². The zero-order chi connectivity index (χ0) is 22.0. The van der Waals surface area contributed by atoms with Crippen molar-refractivity contribution in [3.63, 3.8) is 0 Å². The second-order valence-electron chi connectivity index (χ2n) is 7.56. The van der Waals surface area contributed by atoms with Gasteiger partial charge in [-0.05, 0) is 43.2 Å². The number of likely N-dealkylation sites (tertiary alicyclic amines) is 1. The van der Waals surface area contributed by atoms with E-state index in [-0.39, 0.29) is 11.3 Å². The summed E-state index contributed by atoms with van der Waals surface area (Å²) in [6.45, 7) is 3.01. The number of nitrogens with zero attached hydrogens (tertiary/aromatic N) is 3. The van der Waals surface area contributed by atoms with Gasteiger partial charge in [0.2, 0.25) is 0 Å². The lowest BCUT2D eigenvalue weighted by atomic mass is 9.94. The largest absolute Gasteiger partial charge is 0.507 e. The first-order valence-corrected chi connectivity index (χ1v) is 10.4. The molecule has 3 aromatic rings. The number of aromatic nitrogens is 2. The third-order valence-electron chi connectivity index (χ3n) is 5.43. The fourth-order valence-corrected chi connectivity index (χ4v) is 3.94. The first-order chi connectivity index (χ1) is 15.0. The molecule has 158 valence electrons. The molecular weight excluding hydrogens is 414 g/mol. The van der Waals surface area contributed by atoms with Crippen molar-refractivity contribution < 1.29 is 14.7 Å². The van der Waals surface area contributed by atoms with Crippen molar-refractivity contribution in [2.45, 2.75) is 25.9 Å². The molecule has 4 rings (SSSR count). The second-order valence-corrected chi connectivity index (χ2v) is 8.00. The molecule has 1 aromatic heterocycles. The van der Waals surface area contributed by atoms with Crippen LogP contribution in [0.5, 0.6) is 0 Å². The molecule has 1 atom stereocenters. The van der Waals surface area contributed by atoms with Crippen LogP contribution in [-0.2, 0) is 16.1 Å². The Kier molecular flexibility index (Phi) is 5.91. The molecule has 0 spiro atoms. The first kappa shape index (κ1) is 20.9. The van der Waals surface area contributed by atoms with Crippen LogP contribution < -0.4 is 0 Å². The predicted octanol–water partition coefficient (Wildman–Crippen LogP) is 4.36. The summed E-state index contributed by atoms with van der Waals surface area (Å²) >= 11 is 5.96. The molecule has 1 saturated heterocycles. The average Bonchev–Trinajstić information content (AvgIpc) is 3.37. The van der Waals surface area contributed by atoms with Crippen LogP contribution in [-0.4, -0.2) is 37.8 Å². The van der Waals surface area contributed by atoms with Gasteiger partial charge in [0.15, 0.2) is 0 Å². The van der Waals surface area contributed by atoms with E-state index in [1.54, 1.807) is 41.7 Å². The number of carbonyl (C=O) groups excluding carboxylic acids is 2. The Morgan fingerprint density at radius 2 is 1.77 bits per heavy atom. The molecule has 1 N–H and O–H groups in total. The van der Waals surface area contributed by atoms with Crippen molar-refractivity contribution in [2.24, 2.45) is 0 Å². The molecule has 1 aliphatic rings. The molecule has 0 unspecified atom stereocenters. The van der Waals surface area contributed by atoms with Crippen LogP contribution in [0.2, 0.25) is 5.02 Å². The summed E-state index contributed by atoms with van der Waals surface area (Å²) < 4.78 is 1.92. The molecule has 0 radical (unpaired) electrons. The quantitative estimate of drug-likeness (QED) is 0.354. The lowest BCUT2D eigenvalue weighted by Gasteiger charge is -2.25. The van der Waals surface area contributed by atoms with E-state index >= 15 is 0 Å². The molecule has 1 amide bonds. The Labute approximate surface area is 185 Å². The number of rotatable bonds is 6.